The van der Waals surface area contributed by atoms with Gasteiger partial charge in [0.1, 0.15) is 0 Å². The third-order valence-corrected chi connectivity index (χ3v) is 4.86. The lowest BCUT2D eigenvalue weighted by molar-refractivity contribution is -0.140. The standard InChI is InChI=1S/C23H35NO4/c1-4-5-6-9-12-19(2)21(25)16-14-20-15-17-22(26)24(20)18-11-8-7-10-13-23(27)28-3/h8,11,14,16,19-21,25H,4-5,7,10,12-13,15,17-18H2,1-3H3/t19-,20-,21+/m0/s1. The number of carbonyl (C=O) groups excluding carboxylic acids is 2. The Morgan fingerprint density at radius 3 is 2.89 bits per heavy atom. The number of likely N-dealkylation sites (tertiary alicyclic amines) is 1. The molecule has 5 nitrogen and oxygen atoms in total. The largest absolute Gasteiger partial charge is 0.469 e. The van der Waals surface area contributed by atoms with Gasteiger partial charge >= 0.3 is 5.97 Å². The summed E-state index contributed by atoms with van der Waals surface area (Å²) >= 11 is 0. The molecule has 1 aliphatic rings. The fourth-order valence-corrected chi connectivity index (χ4v) is 2.96. The minimum absolute atomic E-state index is 0.0280. The van der Waals surface area contributed by atoms with Crippen LogP contribution < -0.4 is 0 Å². The van der Waals surface area contributed by atoms with Gasteiger partial charge in [0.05, 0.1) is 19.3 Å². The number of amides is 1. The van der Waals surface area contributed by atoms with Crippen molar-refractivity contribution in [3.63, 3.8) is 0 Å². The van der Waals surface area contributed by atoms with Crippen molar-refractivity contribution >= 4 is 11.9 Å². The van der Waals surface area contributed by atoms with Crippen LogP contribution in [0.2, 0.25) is 0 Å². The van der Waals surface area contributed by atoms with Crippen LogP contribution in [0, 0.1) is 17.8 Å². The number of rotatable bonds is 11. The maximum atomic E-state index is 12.1. The quantitative estimate of drug-likeness (QED) is 0.254. The molecular formula is C23H35NO4. The van der Waals surface area contributed by atoms with Gasteiger partial charge in [0.25, 0.3) is 0 Å². The second kappa shape index (κ2) is 14.0. The maximum Gasteiger partial charge on any atom is 0.305 e. The molecule has 0 saturated carbocycles. The van der Waals surface area contributed by atoms with Crippen molar-refractivity contribution in [2.45, 2.75) is 77.4 Å². The van der Waals surface area contributed by atoms with E-state index in [0.717, 1.165) is 32.1 Å². The Hall–Kier alpha value is -2.06. The molecule has 3 atom stereocenters. The summed E-state index contributed by atoms with van der Waals surface area (Å²) in [6, 6.07) is 0.0280. The molecule has 0 aromatic rings. The van der Waals surface area contributed by atoms with E-state index in [1.807, 2.05) is 36.1 Å². The maximum absolute atomic E-state index is 12.1. The van der Waals surface area contributed by atoms with E-state index in [1.54, 1.807) is 0 Å². The summed E-state index contributed by atoms with van der Waals surface area (Å²) in [6.07, 6.45) is 13.1. The van der Waals surface area contributed by atoms with Gasteiger partial charge in [0, 0.05) is 32.2 Å². The number of unbranched alkanes of at least 4 members (excludes halogenated alkanes) is 2. The van der Waals surface area contributed by atoms with Crippen molar-refractivity contribution in [1.82, 2.24) is 4.90 Å². The van der Waals surface area contributed by atoms with Gasteiger partial charge in [-0.05, 0) is 31.6 Å². The fourth-order valence-electron chi connectivity index (χ4n) is 2.96. The summed E-state index contributed by atoms with van der Waals surface area (Å²) in [6.45, 7) is 4.65. The van der Waals surface area contributed by atoms with Crippen LogP contribution in [0.25, 0.3) is 0 Å². The second-order valence-electron chi connectivity index (χ2n) is 7.25. The van der Waals surface area contributed by atoms with E-state index in [4.69, 9.17) is 0 Å². The van der Waals surface area contributed by atoms with Crippen molar-refractivity contribution in [3.05, 3.63) is 24.3 Å². The number of esters is 1. The highest BCUT2D eigenvalue weighted by atomic mass is 16.5. The molecule has 1 heterocycles. The van der Waals surface area contributed by atoms with Gasteiger partial charge in [-0.25, -0.2) is 0 Å². The smallest absolute Gasteiger partial charge is 0.305 e. The lowest BCUT2D eigenvalue weighted by Crippen LogP contribution is -2.32. The molecule has 5 heteroatoms. The van der Waals surface area contributed by atoms with E-state index in [0.29, 0.717) is 25.8 Å². The molecule has 0 aliphatic carbocycles. The Balaban J connectivity index is 2.44. The van der Waals surface area contributed by atoms with Crippen LogP contribution in [0.3, 0.4) is 0 Å². The molecule has 0 unspecified atom stereocenters. The molecular weight excluding hydrogens is 354 g/mol. The van der Waals surface area contributed by atoms with E-state index in [-0.39, 0.29) is 23.8 Å². The molecule has 28 heavy (non-hydrogen) atoms. The number of methoxy groups -OCH3 is 1. The Morgan fingerprint density at radius 2 is 2.18 bits per heavy atom. The summed E-state index contributed by atoms with van der Waals surface area (Å²) in [5, 5.41) is 10.3. The van der Waals surface area contributed by atoms with Crippen molar-refractivity contribution in [2.24, 2.45) is 5.92 Å². The summed E-state index contributed by atoms with van der Waals surface area (Å²) < 4.78 is 4.61. The van der Waals surface area contributed by atoms with Crippen molar-refractivity contribution in [3.8, 4) is 11.8 Å². The van der Waals surface area contributed by atoms with E-state index >= 15 is 0 Å². The first kappa shape index (κ1) is 24.0. The molecule has 0 radical (unpaired) electrons. The second-order valence-corrected chi connectivity index (χ2v) is 7.25. The summed E-state index contributed by atoms with van der Waals surface area (Å²) in [5.74, 6) is 6.24. The lowest BCUT2D eigenvalue weighted by Gasteiger charge is -2.21. The van der Waals surface area contributed by atoms with Gasteiger partial charge in [0.2, 0.25) is 5.91 Å². The van der Waals surface area contributed by atoms with Gasteiger partial charge in [-0.2, -0.15) is 0 Å². The molecule has 0 spiro atoms. The highest BCUT2D eigenvalue weighted by molar-refractivity contribution is 5.79. The first-order chi connectivity index (χ1) is 13.5. The van der Waals surface area contributed by atoms with Crippen LogP contribution in [0.4, 0.5) is 0 Å². The Bertz CT molecular complexity index is 599. The number of aliphatic hydroxyl groups is 1. The van der Waals surface area contributed by atoms with E-state index < -0.39 is 6.10 Å². The number of nitrogens with zero attached hydrogens (tertiary/aromatic N) is 1. The number of allylic oxidation sites excluding steroid dienone is 1. The summed E-state index contributed by atoms with van der Waals surface area (Å²) in [4.78, 5) is 25.0. The van der Waals surface area contributed by atoms with Crippen LogP contribution >= 0.6 is 0 Å². The molecule has 1 rings (SSSR count). The fraction of sp³-hybridized carbons (Fsp3) is 0.652. The van der Waals surface area contributed by atoms with Gasteiger partial charge in [-0.15, -0.1) is 11.8 Å². The topological polar surface area (TPSA) is 66.8 Å². The molecule has 1 amide bonds. The predicted octanol–water partition coefficient (Wildman–Crippen LogP) is 3.62. The van der Waals surface area contributed by atoms with Crippen LogP contribution in [-0.4, -0.2) is 47.7 Å². The minimum Gasteiger partial charge on any atom is -0.469 e. The van der Waals surface area contributed by atoms with E-state index in [2.05, 4.69) is 23.5 Å². The minimum atomic E-state index is -0.553. The van der Waals surface area contributed by atoms with Crippen LogP contribution in [-0.2, 0) is 14.3 Å². The molecule has 0 aromatic carbocycles. The normalized spacial score (nSPS) is 19.1. The van der Waals surface area contributed by atoms with Crippen molar-refractivity contribution in [2.75, 3.05) is 13.7 Å². The number of hydrogen-bond acceptors (Lipinski definition) is 4. The van der Waals surface area contributed by atoms with E-state index in [9.17, 15) is 14.7 Å². The highest BCUT2D eigenvalue weighted by Crippen LogP contribution is 2.21. The molecule has 1 N–H and O–H groups in total. The molecule has 0 aromatic heterocycles. The predicted molar refractivity (Wildman–Crippen MR) is 111 cm³/mol. The van der Waals surface area contributed by atoms with Crippen LogP contribution in [0.5, 0.6) is 0 Å². The zero-order valence-corrected chi connectivity index (χ0v) is 17.5. The first-order valence-electron chi connectivity index (χ1n) is 10.3. The number of ether oxygens (including phenoxy) is 1. The summed E-state index contributed by atoms with van der Waals surface area (Å²) in [7, 11) is 1.39. The molecule has 156 valence electrons. The SMILES string of the molecule is CCCC#CC[C@H](C)[C@H](O)C=C[C@H]1CCC(=O)N1CC=CCCCC(=O)OC. The third-order valence-electron chi connectivity index (χ3n) is 4.86. The van der Waals surface area contributed by atoms with Crippen molar-refractivity contribution < 1.29 is 19.4 Å². The zero-order chi connectivity index (χ0) is 20.8. The zero-order valence-electron chi connectivity index (χ0n) is 17.5. The van der Waals surface area contributed by atoms with Gasteiger partial charge in [-0.3, -0.25) is 9.59 Å². The van der Waals surface area contributed by atoms with Crippen molar-refractivity contribution in [1.29, 1.82) is 0 Å². The number of hydrogen-bond donors (Lipinski definition) is 1. The molecule has 1 aliphatic heterocycles. The summed E-state index contributed by atoms with van der Waals surface area (Å²) in [5.41, 5.74) is 0. The first-order valence-corrected chi connectivity index (χ1v) is 10.3. The Labute approximate surface area is 169 Å². The number of carbonyl (C=O) groups is 2. The van der Waals surface area contributed by atoms with Crippen LogP contribution in [0.15, 0.2) is 24.3 Å². The average molecular weight is 390 g/mol. The van der Waals surface area contributed by atoms with Gasteiger partial charge in [-0.1, -0.05) is 38.2 Å². The monoisotopic (exact) mass is 389 g/mol. The average Bonchev–Trinajstić information content (AvgIpc) is 3.05. The lowest BCUT2D eigenvalue weighted by atomic mass is 10.00. The Morgan fingerprint density at radius 1 is 1.39 bits per heavy atom. The Kier molecular flexibility index (Phi) is 12.0. The number of aliphatic hydroxyl groups excluding tert-OH is 1. The van der Waals surface area contributed by atoms with Crippen LogP contribution in [0.1, 0.15) is 65.2 Å². The molecule has 0 bridgehead atoms. The molecule has 1 saturated heterocycles. The molecule has 1 fully saturated rings. The van der Waals surface area contributed by atoms with Gasteiger partial charge in [0.15, 0.2) is 0 Å². The third kappa shape index (κ3) is 9.23. The van der Waals surface area contributed by atoms with Gasteiger partial charge < -0.3 is 14.7 Å². The van der Waals surface area contributed by atoms with E-state index in [1.165, 1.54) is 7.11 Å². The highest BCUT2D eigenvalue weighted by Gasteiger charge is 2.28.